The number of halogens is 1. The number of aryl methyl sites for hydroxylation is 1. The molecule has 2 aromatic heterocycles. The summed E-state index contributed by atoms with van der Waals surface area (Å²) >= 11 is 0. The molecule has 4 aromatic rings. The van der Waals surface area contributed by atoms with Crippen LogP contribution in [0.3, 0.4) is 0 Å². The summed E-state index contributed by atoms with van der Waals surface area (Å²) in [5.41, 5.74) is 6.50. The number of nitrogens with one attached hydrogen (secondary N) is 2. The average Bonchev–Trinajstić information content (AvgIpc) is 3.40. The molecule has 3 heterocycles. The van der Waals surface area contributed by atoms with Gasteiger partial charge in [0.2, 0.25) is 5.95 Å². The minimum absolute atomic E-state index is 0.229. The molecule has 0 atom stereocenters. The van der Waals surface area contributed by atoms with E-state index in [1.54, 1.807) is 6.07 Å². The van der Waals surface area contributed by atoms with E-state index in [1.807, 2.05) is 30.8 Å². The highest BCUT2D eigenvalue weighted by atomic mass is 19.1. The van der Waals surface area contributed by atoms with Gasteiger partial charge >= 0.3 is 0 Å². The zero-order valence-corrected chi connectivity index (χ0v) is 17.6. The Morgan fingerprint density at radius 1 is 1.13 bits per heavy atom. The molecule has 31 heavy (non-hydrogen) atoms. The van der Waals surface area contributed by atoms with Crippen molar-refractivity contribution in [1.29, 1.82) is 0 Å². The molecule has 2 aromatic carbocycles. The lowest BCUT2D eigenvalue weighted by Gasteiger charge is -2.13. The number of imidazole rings is 1. The quantitative estimate of drug-likeness (QED) is 0.494. The Morgan fingerprint density at radius 3 is 2.77 bits per heavy atom. The molecule has 2 N–H and O–H groups in total. The lowest BCUT2D eigenvalue weighted by molar-refractivity contribution is 0.356. The Balaban J connectivity index is 1.48. The molecule has 0 radical (unpaired) electrons. The number of fused-ring (bicyclic) bond motifs is 2. The van der Waals surface area contributed by atoms with Gasteiger partial charge in [0.05, 0.1) is 12.3 Å². The predicted octanol–water partition coefficient (Wildman–Crippen LogP) is 4.11. The maximum atomic E-state index is 14.5. The Kier molecular flexibility index (Phi) is 5.03. The molecule has 6 nitrogen and oxygen atoms in total. The first-order chi connectivity index (χ1) is 15.1. The molecule has 0 amide bonds. The third-order valence-electron chi connectivity index (χ3n) is 5.62. The number of aromatic nitrogens is 3. The van der Waals surface area contributed by atoms with Crippen molar-refractivity contribution < 1.29 is 9.13 Å². The Hall–Kier alpha value is -3.45. The molecule has 7 heteroatoms. The van der Waals surface area contributed by atoms with Crippen LogP contribution in [-0.4, -0.2) is 28.0 Å². The average molecular weight is 417 g/mol. The van der Waals surface area contributed by atoms with Crippen molar-refractivity contribution in [3.63, 3.8) is 0 Å². The number of hydrogen-bond donors (Lipinski definition) is 2. The van der Waals surface area contributed by atoms with Gasteiger partial charge in [0.25, 0.3) is 0 Å². The first kappa shape index (κ1) is 19.5. The second-order valence-electron chi connectivity index (χ2n) is 7.75. The molecule has 0 unspecified atom stereocenters. The number of rotatable bonds is 6. The minimum Gasteiger partial charge on any atom is -0.493 e. The highest BCUT2D eigenvalue weighted by Gasteiger charge is 2.20. The number of anilines is 1. The van der Waals surface area contributed by atoms with Gasteiger partial charge in [-0.3, -0.25) is 4.40 Å². The van der Waals surface area contributed by atoms with Crippen molar-refractivity contribution in [2.24, 2.45) is 0 Å². The second kappa shape index (κ2) is 8.00. The van der Waals surface area contributed by atoms with Crippen LogP contribution in [0.15, 0.2) is 48.8 Å². The van der Waals surface area contributed by atoms with Gasteiger partial charge in [-0.2, -0.15) is 0 Å². The molecular weight excluding hydrogens is 393 g/mol. The van der Waals surface area contributed by atoms with Gasteiger partial charge in [-0.25, -0.2) is 14.4 Å². The SMILES string of the molecule is CNCc1ccc(-c2cnc(NCc3c(F)ccc4c3CCO4)n3cc(C)nc23)cc1. The van der Waals surface area contributed by atoms with Crippen molar-refractivity contribution in [3.8, 4) is 16.9 Å². The van der Waals surface area contributed by atoms with E-state index in [-0.39, 0.29) is 5.82 Å². The topological polar surface area (TPSA) is 63.5 Å². The maximum absolute atomic E-state index is 14.5. The highest BCUT2D eigenvalue weighted by Crippen LogP contribution is 2.31. The van der Waals surface area contributed by atoms with Gasteiger partial charge in [-0.15, -0.1) is 0 Å². The third-order valence-corrected chi connectivity index (χ3v) is 5.62. The fraction of sp³-hybridized carbons (Fsp3) is 0.250. The monoisotopic (exact) mass is 417 g/mol. The van der Waals surface area contributed by atoms with Crippen molar-refractivity contribution in [1.82, 2.24) is 19.7 Å². The highest BCUT2D eigenvalue weighted by molar-refractivity contribution is 5.78. The smallest absolute Gasteiger partial charge is 0.208 e. The van der Waals surface area contributed by atoms with Gasteiger partial charge in [-0.05, 0) is 37.2 Å². The zero-order valence-electron chi connectivity index (χ0n) is 17.6. The first-order valence-electron chi connectivity index (χ1n) is 10.4. The number of ether oxygens (including phenoxy) is 1. The van der Waals surface area contributed by atoms with Crippen molar-refractivity contribution in [3.05, 3.63) is 77.0 Å². The van der Waals surface area contributed by atoms with Gasteiger partial charge in [0.1, 0.15) is 17.2 Å². The van der Waals surface area contributed by atoms with Crippen LogP contribution in [-0.2, 0) is 19.5 Å². The van der Waals surface area contributed by atoms with Crippen molar-refractivity contribution in [2.45, 2.75) is 26.4 Å². The van der Waals surface area contributed by atoms with Crippen LogP contribution in [0, 0.1) is 12.7 Å². The molecule has 1 aliphatic rings. The van der Waals surface area contributed by atoms with Crippen molar-refractivity contribution >= 4 is 11.6 Å². The van der Waals surface area contributed by atoms with E-state index in [1.165, 1.54) is 11.6 Å². The van der Waals surface area contributed by atoms with Crippen LogP contribution in [0.2, 0.25) is 0 Å². The number of nitrogens with zero attached hydrogens (tertiary/aromatic N) is 3. The van der Waals surface area contributed by atoms with E-state index in [2.05, 4.69) is 39.9 Å². The van der Waals surface area contributed by atoms with Crippen LogP contribution < -0.4 is 15.4 Å². The summed E-state index contributed by atoms with van der Waals surface area (Å²) in [6, 6.07) is 11.5. The molecule has 0 saturated heterocycles. The van der Waals surface area contributed by atoms with Gasteiger partial charge in [0, 0.05) is 48.6 Å². The fourth-order valence-corrected chi connectivity index (χ4v) is 4.11. The fourth-order valence-electron chi connectivity index (χ4n) is 4.11. The summed E-state index contributed by atoms with van der Waals surface area (Å²) in [6.07, 6.45) is 4.49. The van der Waals surface area contributed by atoms with Gasteiger partial charge in [-0.1, -0.05) is 24.3 Å². The van der Waals surface area contributed by atoms with Gasteiger partial charge in [0.15, 0.2) is 0 Å². The minimum atomic E-state index is -0.229. The van der Waals surface area contributed by atoms with E-state index < -0.39 is 0 Å². The molecule has 0 aliphatic carbocycles. The van der Waals surface area contributed by atoms with E-state index >= 15 is 0 Å². The summed E-state index contributed by atoms with van der Waals surface area (Å²) < 4.78 is 22.0. The summed E-state index contributed by atoms with van der Waals surface area (Å²) in [5.74, 6) is 1.17. The predicted molar refractivity (Wildman–Crippen MR) is 119 cm³/mol. The van der Waals surface area contributed by atoms with E-state index in [0.717, 1.165) is 46.7 Å². The third kappa shape index (κ3) is 3.61. The summed E-state index contributed by atoms with van der Waals surface area (Å²) in [7, 11) is 1.93. The lowest BCUT2D eigenvalue weighted by atomic mass is 10.0. The standard InChI is InChI=1S/C24H24FN5O/c1-15-14-30-23(29-15)19(17-5-3-16(4-6-17)11-26-2)12-27-24(30)28-13-20-18-9-10-31-22(18)8-7-21(20)25/h3-8,12,14,26H,9-11,13H2,1-2H3,(H,27,28). The molecular formula is C24H24FN5O. The molecule has 158 valence electrons. The lowest BCUT2D eigenvalue weighted by Crippen LogP contribution is -2.09. The van der Waals surface area contributed by atoms with Crippen LogP contribution in [0.25, 0.3) is 16.8 Å². The van der Waals surface area contributed by atoms with Gasteiger partial charge < -0.3 is 15.4 Å². The van der Waals surface area contributed by atoms with Crippen molar-refractivity contribution in [2.75, 3.05) is 19.0 Å². The van der Waals surface area contributed by atoms with E-state index in [9.17, 15) is 4.39 Å². The summed E-state index contributed by atoms with van der Waals surface area (Å²) in [4.78, 5) is 9.36. The van der Waals surface area contributed by atoms with Crippen LogP contribution in [0.4, 0.5) is 10.3 Å². The second-order valence-corrected chi connectivity index (χ2v) is 7.75. The summed E-state index contributed by atoms with van der Waals surface area (Å²) in [6.45, 7) is 3.70. The molecule has 0 bridgehead atoms. The molecule has 0 fully saturated rings. The zero-order chi connectivity index (χ0) is 21.4. The first-order valence-corrected chi connectivity index (χ1v) is 10.4. The van der Waals surface area contributed by atoms with Crippen LogP contribution >= 0.6 is 0 Å². The van der Waals surface area contributed by atoms with E-state index in [0.29, 0.717) is 24.7 Å². The molecule has 0 spiro atoms. The van der Waals surface area contributed by atoms with Crippen LogP contribution in [0.1, 0.15) is 22.4 Å². The summed E-state index contributed by atoms with van der Waals surface area (Å²) in [5, 5.41) is 6.46. The van der Waals surface area contributed by atoms with E-state index in [4.69, 9.17) is 9.72 Å². The normalized spacial score (nSPS) is 12.7. The number of benzene rings is 2. The molecule has 5 rings (SSSR count). The Morgan fingerprint density at radius 2 is 1.97 bits per heavy atom. The number of hydrogen-bond acceptors (Lipinski definition) is 5. The molecule has 1 aliphatic heterocycles. The largest absolute Gasteiger partial charge is 0.493 e. The Labute approximate surface area is 180 Å². The van der Waals surface area contributed by atoms with Crippen LogP contribution in [0.5, 0.6) is 5.75 Å². The molecule has 0 saturated carbocycles. The maximum Gasteiger partial charge on any atom is 0.208 e. The Bertz CT molecular complexity index is 1250.